The van der Waals surface area contributed by atoms with Crippen molar-refractivity contribution in [2.24, 2.45) is 5.73 Å². The van der Waals surface area contributed by atoms with Gasteiger partial charge in [-0.05, 0) is 18.1 Å². The molecule has 31 heavy (non-hydrogen) atoms. The second kappa shape index (κ2) is 8.97. The van der Waals surface area contributed by atoms with Gasteiger partial charge < -0.3 is 26.0 Å². The first-order chi connectivity index (χ1) is 14.3. The van der Waals surface area contributed by atoms with Crippen molar-refractivity contribution in [3.8, 4) is 0 Å². The lowest BCUT2D eigenvalue weighted by molar-refractivity contribution is -0.192. The number of β-lactam (4-membered cyclic amide) rings is 1. The maximum Gasteiger partial charge on any atom is 0.490 e. The lowest BCUT2D eigenvalue weighted by atomic mass is 10.0. The summed E-state index contributed by atoms with van der Waals surface area (Å²) in [7, 11) is 0. The van der Waals surface area contributed by atoms with E-state index in [9.17, 15) is 37.5 Å². The number of amides is 2. The second-order valence-corrected chi connectivity index (χ2v) is 7.56. The molecular formula is C16H16F3N3O8S. The standard InChI is InChI=1S/C14H15N3O6S.C2HF3O2/c15-9-12(21)17-10(14(22)23)7(5-24-13(9)17)3-6-1-2-16(11(6)20)4-8(18)19;3-2(4,5)1(6)7/h3,9,13H,1-2,4-5,15H2,(H,18,19)(H,22,23);(H,6,7)/t9-,13-;/m1./s1. The van der Waals surface area contributed by atoms with E-state index in [1.54, 1.807) is 0 Å². The summed E-state index contributed by atoms with van der Waals surface area (Å²) in [6.45, 7) is -0.118. The van der Waals surface area contributed by atoms with Gasteiger partial charge in [0, 0.05) is 17.9 Å². The zero-order chi connectivity index (χ0) is 23.7. The van der Waals surface area contributed by atoms with Crippen molar-refractivity contribution in [3.63, 3.8) is 0 Å². The normalized spacial score (nSPS) is 24.5. The molecule has 0 aliphatic carbocycles. The van der Waals surface area contributed by atoms with Crippen LogP contribution in [0.1, 0.15) is 6.42 Å². The number of carboxylic acids is 3. The zero-order valence-electron chi connectivity index (χ0n) is 15.5. The minimum absolute atomic E-state index is 0.151. The van der Waals surface area contributed by atoms with E-state index in [-0.39, 0.29) is 12.2 Å². The molecule has 170 valence electrons. The Labute approximate surface area is 175 Å². The number of aliphatic carboxylic acids is 3. The van der Waals surface area contributed by atoms with Crippen molar-refractivity contribution in [3.05, 3.63) is 22.9 Å². The average Bonchev–Trinajstić information content (AvgIpc) is 2.99. The molecule has 3 rings (SSSR count). The summed E-state index contributed by atoms with van der Waals surface area (Å²) < 4.78 is 31.7. The lowest BCUT2D eigenvalue weighted by Crippen LogP contribution is -2.68. The number of carbonyl (C=O) groups excluding carboxylic acids is 2. The summed E-state index contributed by atoms with van der Waals surface area (Å²) in [6.07, 6.45) is -3.28. The molecule has 0 aromatic carbocycles. The second-order valence-electron chi connectivity index (χ2n) is 6.46. The highest BCUT2D eigenvalue weighted by molar-refractivity contribution is 8.00. The number of hydrogen-bond acceptors (Lipinski definition) is 7. The minimum Gasteiger partial charge on any atom is -0.480 e. The number of nitrogens with zero attached hydrogens (tertiary/aromatic N) is 2. The van der Waals surface area contributed by atoms with Crippen LogP contribution in [0.5, 0.6) is 0 Å². The van der Waals surface area contributed by atoms with E-state index in [0.29, 0.717) is 23.3 Å². The monoisotopic (exact) mass is 467 g/mol. The number of allylic oxidation sites excluding steroid dienone is 1. The molecule has 2 fully saturated rings. The van der Waals surface area contributed by atoms with Crippen molar-refractivity contribution in [2.75, 3.05) is 18.8 Å². The van der Waals surface area contributed by atoms with E-state index in [1.807, 2.05) is 0 Å². The summed E-state index contributed by atoms with van der Waals surface area (Å²) in [6, 6.07) is -0.710. The van der Waals surface area contributed by atoms with Gasteiger partial charge in [-0.3, -0.25) is 19.3 Å². The van der Waals surface area contributed by atoms with Crippen LogP contribution in [0, 0.1) is 0 Å². The number of carbonyl (C=O) groups is 5. The molecule has 11 nitrogen and oxygen atoms in total. The largest absolute Gasteiger partial charge is 0.490 e. The Balaban J connectivity index is 0.000000423. The number of alkyl halides is 3. The summed E-state index contributed by atoms with van der Waals surface area (Å²) in [5.74, 6) is -5.67. The first-order valence-corrected chi connectivity index (χ1v) is 9.49. The van der Waals surface area contributed by atoms with Gasteiger partial charge in [0.15, 0.2) is 0 Å². The Morgan fingerprint density at radius 1 is 1.19 bits per heavy atom. The predicted molar refractivity (Wildman–Crippen MR) is 96.3 cm³/mol. The molecule has 0 aromatic heterocycles. The summed E-state index contributed by atoms with van der Waals surface area (Å²) >= 11 is 1.35. The number of halogens is 3. The number of fused-ring (bicyclic) bond motifs is 1. The van der Waals surface area contributed by atoms with Gasteiger partial charge in [-0.1, -0.05) is 0 Å². The predicted octanol–water partition coefficient (Wildman–Crippen LogP) is -0.556. The van der Waals surface area contributed by atoms with E-state index in [4.69, 9.17) is 20.7 Å². The fourth-order valence-electron chi connectivity index (χ4n) is 2.98. The number of hydrogen-bond donors (Lipinski definition) is 4. The average molecular weight is 467 g/mol. The van der Waals surface area contributed by atoms with Crippen molar-refractivity contribution in [1.82, 2.24) is 9.80 Å². The molecule has 5 N–H and O–H groups in total. The van der Waals surface area contributed by atoms with Crippen molar-refractivity contribution in [2.45, 2.75) is 24.0 Å². The molecule has 0 bridgehead atoms. The number of carboxylic acid groups (broad SMARTS) is 3. The Kier molecular flexibility index (Phi) is 7.00. The number of likely N-dealkylation sites (tertiary alicyclic amines) is 1. The van der Waals surface area contributed by atoms with Gasteiger partial charge in [0.1, 0.15) is 23.7 Å². The Morgan fingerprint density at radius 3 is 2.26 bits per heavy atom. The van der Waals surface area contributed by atoms with Crippen LogP contribution in [0.25, 0.3) is 0 Å². The third-order valence-electron chi connectivity index (χ3n) is 4.37. The third-order valence-corrected chi connectivity index (χ3v) is 5.69. The number of rotatable bonds is 4. The highest BCUT2D eigenvalue weighted by Crippen LogP contribution is 2.40. The first-order valence-electron chi connectivity index (χ1n) is 8.44. The minimum atomic E-state index is -5.08. The molecular weight excluding hydrogens is 451 g/mol. The number of nitrogens with two attached hydrogens (primary N) is 1. The fourth-order valence-corrected chi connectivity index (χ4v) is 4.23. The highest BCUT2D eigenvalue weighted by Gasteiger charge is 2.51. The molecule has 0 spiro atoms. The molecule has 0 saturated carbocycles. The van der Waals surface area contributed by atoms with Crippen LogP contribution in [-0.4, -0.2) is 91.3 Å². The molecule has 15 heteroatoms. The topological polar surface area (TPSA) is 179 Å². The summed E-state index contributed by atoms with van der Waals surface area (Å²) in [4.78, 5) is 57.6. The van der Waals surface area contributed by atoms with Gasteiger partial charge in [-0.15, -0.1) is 11.8 Å². The van der Waals surface area contributed by atoms with Gasteiger partial charge in [0.05, 0.1) is 0 Å². The van der Waals surface area contributed by atoms with Gasteiger partial charge in [-0.25, -0.2) is 9.59 Å². The van der Waals surface area contributed by atoms with Crippen LogP contribution in [0.4, 0.5) is 13.2 Å². The van der Waals surface area contributed by atoms with Gasteiger partial charge in [-0.2, -0.15) is 13.2 Å². The van der Waals surface area contributed by atoms with Crippen LogP contribution in [0.2, 0.25) is 0 Å². The smallest absolute Gasteiger partial charge is 0.480 e. The SMILES string of the molecule is N[C@@H]1C(=O)N2C(C(=O)O)=C(C=C3CCN(CC(=O)O)C3=O)CS[C@H]12.O=C(O)C(F)(F)F. The first kappa shape index (κ1) is 24.2. The molecule has 0 unspecified atom stereocenters. The van der Waals surface area contributed by atoms with Crippen LogP contribution < -0.4 is 5.73 Å². The van der Waals surface area contributed by atoms with Crippen LogP contribution >= 0.6 is 11.8 Å². The number of thioether (sulfide) groups is 1. The van der Waals surface area contributed by atoms with Gasteiger partial charge in [0.25, 0.3) is 0 Å². The molecule has 3 aliphatic heterocycles. The third kappa shape index (κ3) is 5.16. The van der Waals surface area contributed by atoms with E-state index in [1.165, 1.54) is 22.7 Å². The molecule has 3 aliphatic rings. The quantitative estimate of drug-likeness (QED) is 0.309. The van der Waals surface area contributed by atoms with E-state index >= 15 is 0 Å². The van der Waals surface area contributed by atoms with Crippen LogP contribution in [0.15, 0.2) is 22.9 Å². The van der Waals surface area contributed by atoms with Gasteiger partial charge >= 0.3 is 24.1 Å². The highest BCUT2D eigenvalue weighted by atomic mass is 32.2. The lowest BCUT2D eigenvalue weighted by Gasteiger charge is -2.47. The van der Waals surface area contributed by atoms with Crippen LogP contribution in [-0.2, 0) is 24.0 Å². The molecule has 2 saturated heterocycles. The molecule has 0 aromatic rings. The Morgan fingerprint density at radius 2 is 1.77 bits per heavy atom. The summed E-state index contributed by atoms with van der Waals surface area (Å²) in [5.41, 5.74) is 6.24. The molecule has 0 radical (unpaired) electrons. The van der Waals surface area contributed by atoms with E-state index < -0.39 is 53.9 Å². The summed E-state index contributed by atoms with van der Waals surface area (Å²) in [5, 5.41) is 25.0. The maximum atomic E-state index is 12.2. The van der Waals surface area contributed by atoms with E-state index in [2.05, 4.69) is 0 Å². The van der Waals surface area contributed by atoms with Crippen molar-refractivity contribution in [1.29, 1.82) is 0 Å². The van der Waals surface area contributed by atoms with E-state index in [0.717, 1.165) is 4.90 Å². The van der Waals surface area contributed by atoms with Gasteiger partial charge in [0.2, 0.25) is 11.8 Å². The zero-order valence-corrected chi connectivity index (χ0v) is 16.3. The Hall–Kier alpha value is -3.07. The fraction of sp³-hybridized carbons (Fsp3) is 0.438. The van der Waals surface area contributed by atoms with Crippen molar-refractivity contribution >= 4 is 41.5 Å². The van der Waals surface area contributed by atoms with Crippen molar-refractivity contribution < 1.29 is 52.5 Å². The molecule has 3 heterocycles. The Bertz CT molecular complexity index is 901. The van der Waals surface area contributed by atoms with Crippen LogP contribution in [0.3, 0.4) is 0 Å². The maximum absolute atomic E-state index is 12.2. The molecule has 2 atom stereocenters. The molecule has 2 amide bonds.